The van der Waals surface area contributed by atoms with Gasteiger partial charge < -0.3 is 14.5 Å². The number of phosphoric acid groups is 1. The summed E-state index contributed by atoms with van der Waals surface area (Å²) in [5, 5.41) is 0. The molecule has 210 valence electrons. The van der Waals surface area contributed by atoms with Crippen LogP contribution in [0.1, 0.15) is 72.1 Å². The Morgan fingerprint density at radius 1 is 1.16 bits per heavy atom. The lowest BCUT2D eigenvalue weighted by molar-refractivity contribution is -0.148. The van der Waals surface area contributed by atoms with Crippen molar-refractivity contribution >= 4 is 13.8 Å². The predicted molar refractivity (Wildman–Crippen MR) is 156 cm³/mol. The van der Waals surface area contributed by atoms with Gasteiger partial charge in [0, 0.05) is 6.42 Å². The predicted octanol–water partition coefficient (Wildman–Crippen LogP) is 8.01. The molecular weight excluding hydrogens is 499 g/mol. The fourth-order valence-corrected chi connectivity index (χ4v) is 4.43. The van der Waals surface area contributed by atoms with Crippen LogP contribution in [-0.2, 0) is 18.6 Å². The van der Waals surface area contributed by atoms with Gasteiger partial charge in [0.25, 0.3) is 0 Å². The molecule has 7 heteroatoms. The van der Waals surface area contributed by atoms with Crippen LogP contribution in [0.25, 0.3) is 0 Å². The molecule has 0 radical (unpaired) electrons. The van der Waals surface area contributed by atoms with Gasteiger partial charge in [0.1, 0.15) is 6.10 Å². The van der Waals surface area contributed by atoms with E-state index in [2.05, 4.69) is 26.2 Å². The number of phosphoric ester groups is 1. The van der Waals surface area contributed by atoms with E-state index < -0.39 is 13.9 Å². The number of rotatable bonds is 6. The molecule has 1 aliphatic rings. The van der Waals surface area contributed by atoms with Crippen molar-refractivity contribution in [3.63, 3.8) is 0 Å². The molecule has 3 atom stereocenters. The molecule has 0 bridgehead atoms. The number of carbonyl (C=O) groups is 1. The minimum Gasteiger partial charge on any atom is -0.462 e. The first-order chi connectivity index (χ1) is 18.0. The quantitative estimate of drug-likeness (QED) is 0.152. The van der Waals surface area contributed by atoms with Gasteiger partial charge >= 0.3 is 13.8 Å². The van der Waals surface area contributed by atoms with Gasteiger partial charge in [0.2, 0.25) is 0 Å². The average molecular weight is 545 g/mol. The molecule has 0 aromatic rings. The first-order valence-electron chi connectivity index (χ1n) is 13.2. The molecule has 0 saturated carbocycles. The molecular formula is C31H45O6P. The number of ether oxygens (including phenoxy) is 1. The third kappa shape index (κ3) is 16.4. The van der Waals surface area contributed by atoms with Gasteiger partial charge in [-0.3, -0.25) is 9.32 Å². The second-order valence-electron chi connectivity index (χ2n) is 9.70. The summed E-state index contributed by atoms with van der Waals surface area (Å²) in [4.78, 5) is 31.4. The molecule has 0 aliphatic carbocycles. The molecule has 0 saturated heterocycles. The molecule has 1 heterocycles. The number of esters is 1. The second-order valence-corrected chi connectivity index (χ2v) is 10.9. The van der Waals surface area contributed by atoms with Crippen LogP contribution >= 0.6 is 7.82 Å². The summed E-state index contributed by atoms with van der Waals surface area (Å²) in [6.45, 7) is 13.7. The van der Waals surface area contributed by atoms with E-state index in [1.54, 1.807) is 19.1 Å². The standard InChI is InChI=1S/C31H45O6P/c1-6-17-25(2)22-23-29-20-16-15-19-27(4)30(37-38(33,34)35)21-14-12-10-8-7-9-11-13-18-26(3)28(5)24-31(32)36-29/h6-11,13,15-17,19,26,29-30H,1,5,12,14,18,20-24H2,2-4H3,(H2,33,34,35)/b9-7-,10-8-,13-11+,16-15-,25-17+,27-19-/t26-,29+,30+/m1/s1. The molecule has 0 fully saturated rings. The number of hydrogen-bond donors (Lipinski definition) is 2. The van der Waals surface area contributed by atoms with Crippen LogP contribution in [0.4, 0.5) is 0 Å². The fourth-order valence-electron chi connectivity index (χ4n) is 3.82. The normalized spacial score (nSPS) is 28.5. The van der Waals surface area contributed by atoms with Crippen LogP contribution in [0, 0.1) is 5.92 Å². The summed E-state index contributed by atoms with van der Waals surface area (Å²) in [7, 11) is -4.63. The first kappa shape index (κ1) is 33.5. The van der Waals surface area contributed by atoms with Crippen molar-refractivity contribution < 1.29 is 28.4 Å². The summed E-state index contributed by atoms with van der Waals surface area (Å²) in [5.41, 5.74) is 2.71. The number of allylic oxidation sites excluding steroid dienone is 11. The van der Waals surface area contributed by atoms with Crippen molar-refractivity contribution in [2.24, 2.45) is 5.92 Å². The third-order valence-electron chi connectivity index (χ3n) is 6.23. The van der Waals surface area contributed by atoms with Crippen molar-refractivity contribution in [1.82, 2.24) is 0 Å². The van der Waals surface area contributed by atoms with E-state index in [1.807, 2.05) is 55.5 Å². The molecule has 0 spiro atoms. The van der Waals surface area contributed by atoms with Crippen molar-refractivity contribution in [3.05, 3.63) is 96.7 Å². The van der Waals surface area contributed by atoms with Gasteiger partial charge in [-0.2, -0.15) is 0 Å². The average Bonchev–Trinajstić information content (AvgIpc) is 2.83. The molecule has 1 rings (SSSR count). The maximum Gasteiger partial charge on any atom is 0.470 e. The Bertz CT molecular complexity index is 992. The van der Waals surface area contributed by atoms with Gasteiger partial charge in [-0.1, -0.05) is 98.1 Å². The Kier molecular flexibility index (Phi) is 16.5. The van der Waals surface area contributed by atoms with Crippen LogP contribution in [0.3, 0.4) is 0 Å². The number of carbonyl (C=O) groups excluding carboxylic acids is 1. The molecule has 0 amide bonds. The Hall–Kier alpha value is -2.50. The van der Waals surface area contributed by atoms with Gasteiger partial charge in [-0.05, 0) is 63.9 Å². The van der Waals surface area contributed by atoms with Gasteiger partial charge in [0.05, 0.1) is 12.5 Å². The summed E-state index contributed by atoms with van der Waals surface area (Å²) in [5.74, 6) is -0.128. The highest BCUT2D eigenvalue weighted by Gasteiger charge is 2.23. The highest BCUT2D eigenvalue weighted by atomic mass is 31.2. The minimum absolute atomic E-state index is 0.160. The zero-order valence-electron chi connectivity index (χ0n) is 23.1. The lowest BCUT2D eigenvalue weighted by Gasteiger charge is -2.19. The van der Waals surface area contributed by atoms with E-state index in [4.69, 9.17) is 9.26 Å². The van der Waals surface area contributed by atoms with Crippen molar-refractivity contribution in [3.8, 4) is 0 Å². The number of hydrogen-bond acceptors (Lipinski definition) is 4. The Labute approximate surface area is 229 Å². The van der Waals surface area contributed by atoms with E-state index in [1.165, 1.54) is 0 Å². The molecule has 2 N–H and O–H groups in total. The van der Waals surface area contributed by atoms with E-state index in [0.717, 1.165) is 36.8 Å². The lowest BCUT2D eigenvalue weighted by atomic mass is 9.96. The molecule has 0 unspecified atom stereocenters. The smallest absolute Gasteiger partial charge is 0.462 e. The lowest BCUT2D eigenvalue weighted by Crippen LogP contribution is -2.19. The van der Waals surface area contributed by atoms with E-state index in [-0.39, 0.29) is 24.4 Å². The monoisotopic (exact) mass is 544 g/mol. The maximum absolute atomic E-state index is 12.7. The van der Waals surface area contributed by atoms with Crippen LogP contribution in [-0.4, -0.2) is 28.0 Å². The third-order valence-corrected chi connectivity index (χ3v) is 6.76. The summed E-state index contributed by atoms with van der Waals surface area (Å²) in [6, 6.07) is 0. The fraction of sp³-hybridized carbons (Fsp3) is 0.452. The highest BCUT2D eigenvalue weighted by molar-refractivity contribution is 7.46. The largest absolute Gasteiger partial charge is 0.470 e. The molecule has 0 aromatic carbocycles. The zero-order valence-corrected chi connectivity index (χ0v) is 24.0. The first-order valence-corrected chi connectivity index (χ1v) is 14.8. The topological polar surface area (TPSA) is 93.1 Å². The van der Waals surface area contributed by atoms with E-state index >= 15 is 0 Å². The molecule has 6 nitrogen and oxygen atoms in total. The molecule has 0 aromatic heterocycles. The number of cyclic esters (lactones) is 1. The Morgan fingerprint density at radius 2 is 1.84 bits per heavy atom. The van der Waals surface area contributed by atoms with E-state index in [9.17, 15) is 19.1 Å². The highest BCUT2D eigenvalue weighted by Crippen LogP contribution is 2.40. The Morgan fingerprint density at radius 3 is 2.53 bits per heavy atom. The maximum atomic E-state index is 12.7. The van der Waals surface area contributed by atoms with Crippen molar-refractivity contribution in [2.75, 3.05) is 0 Å². The van der Waals surface area contributed by atoms with Crippen LogP contribution < -0.4 is 0 Å². The summed E-state index contributed by atoms with van der Waals surface area (Å²) in [6.07, 6.45) is 25.0. The van der Waals surface area contributed by atoms with Gasteiger partial charge in [-0.15, -0.1) is 0 Å². The van der Waals surface area contributed by atoms with Crippen LogP contribution in [0.5, 0.6) is 0 Å². The second kappa shape index (κ2) is 18.7. The molecule has 38 heavy (non-hydrogen) atoms. The summed E-state index contributed by atoms with van der Waals surface area (Å²) < 4.78 is 22.4. The molecule has 1 aliphatic heterocycles. The van der Waals surface area contributed by atoms with Gasteiger partial charge in [0.15, 0.2) is 0 Å². The summed E-state index contributed by atoms with van der Waals surface area (Å²) >= 11 is 0. The van der Waals surface area contributed by atoms with Gasteiger partial charge in [-0.25, -0.2) is 4.57 Å². The van der Waals surface area contributed by atoms with Crippen LogP contribution in [0.15, 0.2) is 96.7 Å². The Balaban J connectivity index is 3.11. The SMILES string of the molecule is C=C/C=C(\C)CC[C@@H]1C/C=C\C=C(\C)[C@@H](OP(=O)(O)O)CCC\C=C/C=C\C=C\C[C@@H](C)C(=C)CC(=O)O1. The van der Waals surface area contributed by atoms with Crippen molar-refractivity contribution in [2.45, 2.75) is 84.3 Å². The van der Waals surface area contributed by atoms with E-state index in [0.29, 0.717) is 24.8 Å². The van der Waals surface area contributed by atoms with Crippen molar-refractivity contribution in [1.29, 1.82) is 0 Å². The van der Waals surface area contributed by atoms with Crippen LogP contribution in [0.2, 0.25) is 0 Å². The minimum atomic E-state index is -4.63. The zero-order chi connectivity index (χ0) is 28.4.